The van der Waals surface area contributed by atoms with Crippen LogP contribution in [0.2, 0.25) is 0 Å². The van der Waals surface area contributed by atoms with Crippen LogP contribution in [-0.2, 0) is 9.53 Å². The Balaban J connectivity index is 1.52. The molecule has 0 saturated carbocycles. The summed E-state index contributed by atoms with van der Waals surface area (Å²) in [6.45, 7) is 13.3. The van der Waals surface area contributed by atoms with E-state index in [0.29, 0.717) is 19.1 Å². The van der Waals surface area contributed by atoms with E-state index in [1.54, 1.807) is 0 Å². The highest BCUT2D eigenvalue weighted by Crippen LogP contribution is 2.26. The fourth-order valence-corrected chi connectivity index (χ4v) is 3.56. The second-order valence-corrected chi connectivity index (χ2v) is 10.1. The third-order valence-corrected chi connectivity index (χ3v) is 5.71. The SMILES string of the molecule is Cc1ccc(C)c(OCCCC(C)(C)C(=O)Nc2cccc(C=CC3=NC(C)(C)CO3)c2)c1. The number of nitrogens with zero attached hydrogens (tertiary/aromatic N) is 1. The molecule has 0 aliphatic carbocycles. The quantitative estimate of drug-likeness (QED) is 0.455. The molecule has 0 atom stereocenters. The molecule has 1 N–H and O–H groups in total. The van der Waals surface area contributed by atoms with E-state index in [4.69, 9.17) is 9.47 Å². The Morgan fingerprint density at radius 2 is 1.97 bits per heavy atom. The Morgan fingerprint density at radius 3 is 2.70 bits per heavy atom. The maximum atomic E-state index is 12.9. The third-order valence-electron chi connectivity index (χ3n) is 5.71. The number of hydrogen-bond donors (Lipinski definition) is 1. The number of carbonyl (C=O) groups is 1. The van der Waals surface area contributed by atoms with Crippen molar-refractivity contribution in [3.63, 3.8) is 0 Å². The second kappa shape index (κ2) is 10.2. The van der Waals surface area contributed by atoms with Gasteiger partial charge < -0.3 is 14.8 Å². The Morgan fingerprint density at radius 1 is 1.18 bits per heavy atom. The number of nitrogens with one attached hydrogen (secondary N) is 1. The minimum Gasteiger partial charge on any atom is -0.493 e. The molecule has 2 aromatic rings. The summed E-state index contributed by atoms with van der Waals surface area (Å²) in [5.41, 5.74) is 3.38. The number of amides is 1. The molecular weight excluding hydrogens is 412 g/mol. The molecule has 0 saturated heterocycles. The fourth-order valence-electron chi connectivity index (χ4n) is 3.56. The van der Waals surface area contributed by atoms with Crippen molar-refractivity contribution in [2.75, 3.05) is 18.5 Å². The lowest BCUT2D eigenvalue weighted by Gasteiger charge is -2.24. The van der Waals surface area contributed by atoms with Gasteiger partial charge in [-0.2, -0.15) is 0 Å². The molecule has 2 aromatic carbocycles. The first kappa shape index (κ1) is 24.6. The summed E-state index contributed by atoms with van der Waals surface area (Å²) >= 11 is 0. The van der Waals surface area contributed by atoms with Crippen LogP contribution in [0.25, 0.3) is 6.08 Å². The molecule has 1 heterocycles. The van der Waals surface area contributed by atoms with E-state index in [1.165, 1.54) is 5.56 Å². The van der Waals surface area contributed by atoms with Crippen molar-refractivity contribution in [3.8, 4) is 5.75 Å². The average molecular weight is 449 g/mol. The number of carbonyl (C=O) groups excluding carboxylic acids is 1. The van der Waals surface area contributed by atoms with Crippen molar-refractivity contribution < 1.29 is 14.3 Å². The predicted molar refractivity (Wildman–Crippen MR) is 136 cm³/mol. The van der Waals surface area contributed by atoms with Gasteiger partial charge in [0.25, 0.3) is 0 Å². The summed E-state index contributed by atoms with van der Waals surface area (Å²) in [6.07, 6.45) is 5.35. The number of ether oxygens (including phenoxy) is 2. The molecule has 0 unspecified atom stereocenters. The summed E-state index contributed by atoms with van der Waals surface area (Å²) in [4.78, 5) is 17.5. The molecule has 5 nitrogen and oxygen atoms in total. The van der Waals surface area contributed by atoms with Gasteiger partial charge in [-0.3, -0.25) is 4.79 Å². The number of aryl methyl sites for hydroxylation is 2. The van der Waals surface area contributed by atoms with Crippen molar-refractivity contribution in [3.05, 3.63) is 65.2 Å². The molecule has 0 aromatic heterocycles. The van der Waals surface area contributed by atoms with Crippen LogP contribution in [0.1, 0.15) is 57.2 Å². The van der Waals surface area contributed by atoms with Crippen molar-refractivity contribution in [2.24, 2.45) is 10.4 Å². The Hall–Kier alpha value is -3.08. The molecule has 1 aliphatic heterocycles. The topological polar surface area (TPSA) is 59.9 Å². The summed E-state index contributed by atoms with van der Waals surface area (Å²) < 4.78 is 11.5. The molecule has 5 heteroatoms. The zero-order valence-corrected chi connectivity index (χ0v) is 20.7. The molecule has 3 rings (SSSR count). The maximum absolute atomic E-state index is 12.9. The highest BCUT2D eigenvalue weighted by atomic mass is 16.5. The van der Waals surface area contributed by atoms with Crippen LogP contribution in [0.4, 0.5) is 5.69 Å². The number of hydrogen-bond acceptors (Lipinski definition) is 4. The van der Waals surface area contributed by atoms with Gasteiger partial charge in [-0.1, -0.05) is 38.1 Å². The first-order valence-electron chi connectivity index (χ1n) is 11.6. The minimum atomic E-state index is -0.505. The molecule has 0 spiro atoms. The zero-order chi connectivity index (χ0) is 24.1. The van der Waals surface area contributed by atoms with Crippen LogP contribution in [0.15, 0.2) is 53.5 Å². The Bertz CT molecular complexity index is 1050. The van der Waals surface area contributed by atoms with Gasteiger partial charge in [-0.25, -0.2) is 4.99 Å². The van der Waals surface area contributed by atoms with Crippen molar-refractivity contribution in [1.29, 1.82) is 0 Å². The van der Waals surface area contributed by atoms with Gasteiger partial charge in [0.05, 0.1) is 12.1 Å². The molecule has 0 fully saturated rings. The number of benzene rings is 2. The molecule has 176 valence electrons. The highest BCUT2D eigenvalue weighted by Gasteiger charge is 2.27. The van der Waals surface area contributed by atoms with Crippen LogP contribution < -0.4 is 10.1 Å². The third kappa shape index (κ3) is 7.21. The van der Waals surface area contributed by atoms with E-state index in [-0.39, 0.29) is 11.4 Å². The minimum absolute atomic E-state index is 0.000571. The molecule has 0 bridgehead atoms. The zero-order valence-electron chi connectivity index (χ0n) is 20.7. The van der Waals surface area contributed by atoms with Crippen molar-refractivity contribution >= 4 is 23.6 Å². The fraction of sp³-hybridized carbons (Fsp3) is 0.429. The van der Waals surface area contributed by atoms with Gasteiger partial charge in [0.15, 0.2) is 0 Å². The van der Waals surface area contributed by atoms with Gasteiger partial charge in [-0.05, 0) is 81.5 Å². The predicted octanol–water partition coefficient (Wildman–Crippen LogP) is 6.35. The number of rotatable bonds is 9. The Kier molecular flexibility index (Phi) is 7.62. The first-order valence-corrected chi connectivity index (χ1v) is 11.6. The average Bonchev–Trinajstić information content (AvgIpc) is 3.11. The lowest BCUT2D eigenvalue weighted by molar-refractivity contribution is -0.124. The molecular formula is C28H36N2O3. The summed E-state index contributed by atoms with van der Waals surface area (Å²) in [5.74, 6) is 1.55. The summed E-state index contributed by atoms with van der Waals surface area (Å²) in [6, 6.07) is 14.0. The van der Waals surface area contributed by atoms with Gasteiger partial charge in [0, 0.05) is 17.2 Å². The van der Waals surface area contributed by atoms with Crippen LogP contribution in [0.3, 0.4) is 0 Å². The lowest BCUT2D eigenvalue weighted by atomic mass is 9.87. The van der Waals surface area contributed by atoms with Crippen molar-refractivity contribution in [1.82, 2.24) is 0 Å². The largest absolute Gasteiger partial charge is 0.493 e. The van der Waals surface area contributed by atoms with E-state index in [9.17, 15) is 4.79 Å². The standard InChI is InChI=1S/C28H36N2O3/c1-20-11-12-21(2)24(17-20)32-16-8-15-27(3,4)26(31)29-23-10-7-9-22(18-23)13-14-25-30-28(5,6)19-33-25/h7,9-14,17-18H,8,15-16,19H2,1-6H3,(H,29,31). The smallest absolute Gasteiger partial charge is 0.230 e. The van der Waals surface area contributed by atoms with Gasteiger partial charge in [0.1, 0.15) is 12.4 Å². The molecule has 1 amide bonds. The summed E-state index contributed by atoms with van der Waals surface area (Å²) in [7, 11) is 0. The van der Waals surface area contributed by atoms with E-state index in [0.717, 1.165) is 35.4 Å². The molecule has 0 radical (unpaired) electrons. The second-order valence-electron chi connectivity index (χ2n) is 10.1. The van der Waals surface area contributed by atoms with E-state index in [1.807, 2.05) is 71.0 Å². The first-order chi connectivity index (χ1) is 15.5. The number of anilines is 1. The molecule has 33 heavy (non-hydrogen) atoms. The van der Waals surface area contributed by atoms with Crippen LogP contribution in [0, 0.1) is 19.3 Å². The molecule has 1 aliphatic rings. The summed E-state index contributed by atoms with van der Waals surface area (Å²) in [5, 5.41) is 3.06. The van der Waals surface area contributed by atoms with E-state index < -0.39 is 5.41 Å². The van der Waals surface area contributed by atoms with Gasteiger partial charge >= 0.3 is 0 Å². The van der Waals surface area contributed by atoms with Crippen LogP contribution in [-0.4, -0.2) is 30.6 Å². The van der Waals surface area contributed by atoms with Crippen molar-refractivity contribution in [2.45, 2.75) is 59.9 Å². The normalized spacial score (nSPS) is 15.3. The monoisotopic (exact) mass is 448 g/mol. The van der Waals surface area contributed by atoms with Gasteiger partial charge in [0.2, 0.25) is 11.8 Å². The maximum Gasteiger partial charge on any atom is 0.230 e. The lowest BCUT2D eigenvalue weighted by Crippen LogP contribution is -2.31. The van der Waals surface area contributed by atoms with E-state index in [2.05, 4.69) is 35.4 Å². The Labute approximate surface area is 197 Å². The number of aliphatic imine (C=N–C) groups is 1. The van der Waals surface area contributed by atoms with E-state index >= 15 is 0 Å². The van der Waals surface area contributed by atoms with Gasteiger partial charge in [-0.15, -0.1) is 0 Å². The highest BCUT2D eigenvalue weighted by molar-refractivity contribution is 5.96. The van der Waals surface area contributed by atoms with Crippen LogP contribution >= 0.6 is 0 Å². The van der Waals surface area contributed by atoms with Crippen LogP contribution in [0.5, 0.6) is 5.75 Å².